The lowest BCUT2D eigenvalue weighted by Crippen LogP contribution is -1.82. The number of carbonyl (C=O) groups is 1. The number of hydrogen-bond acceptors (Lipinski definition) is 3. The van der Waals surface area contributed by atoms with Crippen LogP contribution >= 0.6 is 11.8 Å². The van der Waals surface area contributed by atoms with Crippen molar-refractivity contribution in [2.75, 3.05) is 5.75 Å². The summed E-state index contributed by atoms with van der Waals surface area (Å²) in [7, 11) is 0. The van der Waals surface area contributed by atoms with Gasteiger partial charge in [-0.1, -0.05) is 11.8 Å². The molecule has 0 saturated carbocycles. The number of nitrogens with zero attached hydrogens (tertiary/aromatic N) is 1. The Bertz CT molecular complexity index is 251. The fraction of sp³-hybridized carbons (Fsp3) is 0.500. The maximum Gasteiger partial charge on any atom is 0.165 e. The van der Waals surface area contributed by atoms with E-state index in [1.54, 1.807) is 11.8 Å². The maximum atomic E-state index is 10.0. The molecule has 0 aromatic carbocycles. The van der Waals surface area contributed by atoms with E-state index in [0.717, 1.165) is 28.6 Å². The Kier molecular flexibility index (Phi) is 3.34. The first kappa shape index (κ1) is 9.32. The zero-order valence-corrected chi connectivity index (χ0v) is 8.07. The molecule has 1 rings (SSSR count). The Morgan fingerprint density at radius 2 is 2.33 bits per heavy atom. The van der Waals surface area contributed by atoms with Crippen LogP contribution in [0.5, 0.6) is 0 Å². The van der Waals surface area contributed by atoms with Gasteiger partial charge in [-0.05, 0) is 13.8 Å². The van der Waals surface area contributed by atoms with Gasteiger partial charge < -0.3 is 9.78 Å². The lowest BCUT2D eigenvalue weighted by Gasteiger charge is -1.90. The van der Waals surface area contributed by atoms with E-state index in [-0.39, 0.29) is 0 Å². The number of imidazole rings is 1. The number of thioether (sulfide) groups is 1. The van der Waals surface area contributed by atoms with E-state index in [1.165, 1.54) is 0 Å². The number of rotatable bonds is 4. The molecule has 0 amide bonds. The number of hydrogen-bond donors (Lipinski definition) is 1. The van der Waals surface area contributed by atoms with Crippen LogP contribution in [-0.2, 0) is 4.79 Å². The van der Waals surface area contributed by atoms with E-state index < -0.39 is 0 Å². The van der Waals surface area contributed by atoms with Crippen molar-refractivity contribution in [3.05, 3.63) is 11.4 Å². The van der Waals surface area contributed by atoms with E-state index >= 15 is 0 Å². The van der Waals surface area contributed by atoms with Crippen LogP contribution in [0.1, 0.15) is 17.8 Å². The monoisotopic (exact) mass is 184 g/mol. The Morgan fingerprint density at radius 1 is 1.58 bits per heavy atom. The number of aromatic amines is 1. The third kappa shape index (κ3) is 2.37. The summed E-state index contributed by atoms with van der Waals surface area (Å²) in [6.07, 6.45) is 1.51. The Hall–Kier alpha value is -0.770. The van der Waals surface area contributed by atoms with Gasteiger partial charge in [0.1, 0.15) is 6.29 Å². The molecule has 0 saturated heterocycles. The molecule has 1 aromatic rings. The van der Waals surface area contributed by atoms with Crippen LogP contribution < -0.4 is 0 Å². The lowest BCUT2D eigenvalue weighted by molar-refractivity contribution is -0.107. The first-order valence-corrected chi connectivity index (χ1v) is 4.82. The highest BCUT2D eigenvalue weighted by molar-refractivity contribution is 7.99. The molecule has 0 aliphatic rings. The van der Waals surface area contributed by atoms with Crippen LogP contribution in [0.25, 0.3) is 0 Å². The molecule has 1 N–H and O–H groups in total. The van der Waals surface area contributed by atoms with Crippen molar-refractivity contribution in [1.29, 1.82) is 0 Å². The first-order chi connectivity index (χ1) is 5.74. The van der Waals surface area contributed by atoms with Crippen molar-refractivity contribution in [3.8, 4) is 0 Å². The van der Waals surface area contributed by atoms with Crippen molar-refractivity contribution in [2.45, 2.75) is 25.4 Å². The molecular weight excluding hydrogens is 172 g/mol. The Balaban J connectivity index is 2.47. The summed E-state index contributed by atoms with van der Waals surface area (Å²) >= 11 is 1.58. The Morgan fingerprint density at radius 3 is 2.83 bits per heavy atom. The summed E-state index contributed by atoms with van der Waals surface area (Å²) in [5.41, 5.74) is 2.13. The summed E-state index contributed by atoms with van der Waals surface area (Å²) in [4.78, 5) is 17.4. The van der Waals surface area contributed by atoms with Crippen LogP contribution in [0.4, 0.5) is 0 Å². The number of aromatic nitrogens is 2. The maximum absolute atomic E-state index is 10.0. The molecule has 0 aliphatic carbocycles. The zero-order chi connectivity index (χ0) is 8.97. The molecular formula is C8H12N2OS. The fourth-order valence-corrected chi connectivity index (χ4v) is 1.62. The smallest absolute Gasteiger partial charge is 0.165 e. The molecule has 0 spiro atoms. The molecule has 4 heteroatoms. The van der Waals surface area contributed by atoms with Gasteiger partial charge in [-0.15, -0.1) is 0 Å². The van der Waals surface area contributed by atoms with E-state index in [9.17, 15) is 4.79 Å². The van der Waals surface area contributed by atoms with Gasteiger partial charge in [-0.2, -0.15) is 0 Å². The van der Waals surface area contributed by atoms with Gasteiger partial charge in [0.15, 0.2) is 5.16 Å². The molecule has 0 atom stereocenters. The van der Waals surface area contributed by atoms with Crippen LogP contribution in [0.2, 0.25) is 0 Å². The number of nitrogens with one attached hydrogen (secondary N) is 1. The van der Waals surface area contributed by atoms with Crippen molar-refractivity contribution < 1.29 is 4.79 Å². The van der Waals surface area contributed by atoms with E-state index in [2.05, 4.69) is 9.97 Å². The predicted molar refractivity (Wildman–Crippen MR) is 49.5 cm³/mol. The Labute approximate surface area is 76.0 Å². The molecule has 66 valence electrons. The predicted octanol–water partition coefficient (Wildman–Crippen LogP) is 1.71. The standard InChI is InChI=1S/C8H12N2OS/c1-6-7(2)10-8(9-6)12-5-3-4-11/h4H,3,5H2,1-2H3,(H,9,10). The van der Waals surface area contributed by atoms with Gasteiger partial charge in [0.2, 0.25) is 0 Å². The average Bonchev–Trinajstić information content (AvgIpc) is 2.32. The summed E-state index contributed by atoms with van der Waals surface area (Å²) in [6, 6.07) is 0. The van der Waals surface area contributed by atoms with Crippen molar-refractivity contribution in [3.63, 3.8) is 0 Å². The number of H-pyrrole nitrogens is 1. The van der Waals surface area contributed by atoms with Crippen LogP contribution in [0.15, 0.2) is 5.16 Å². The normalized spacial score (nSPS) is 10.2. The topological polar surface area (TPSA) is 45.8 Å². The average molecular weight is 184 g/mol. The molecule has 0 radical (unpaired) electrons. The van der Waals surface area contributed by atoms with E-state index in [1.807, 2.05) is 13.8 Å². The molecule has 0 aliphatic heterocycles. The molecule has 12 heavy (non-hydrogen) atoms. The molecule has 0 fully saturated rings. The summed E-state index contributed by atoms with van der Waals surface area (Å²) < 4.78 is 0. The second-order valence-electron chi connectivity index (χ2n) is 2.56. The lowest BCUT2D eigenvalue weighted by atomic mass is 10.4. The highest BCUT2D eigenvalue weighted by Crippen LogP contribution is 2.16. The number of aryl methyl sites for hydroxylation is 2. The first-order valence-electron chi connectivity index (χ1n) is 3.83. The van der Waals surface area contributed by atoms with Crippen LogP contribution in [0.3, 0.4) is 0 Å². The zero-order valence-electron chi connectivity index (χ0n) is 7.26. The summed E-state index contributed by atoms with van der Waals surface area (Å²) in [5.74, 6) is 0.801. The van der Waals surface area contributed by atoms with Gasteiger partial charge in [0.05, 0.1) is 5.69 Å². The van der Waals surface area contributed by atoms with E-state index in [4.69, 9.17) is 0 Å². The summed E-state index contributed by atoms with van der Waals surface area (Å²) in [5, 5.41) is 0.909. The highest BCUT2D eigenvalue weighted by atomic mass is 32.2. The minimum absolute atomic E-state index is 0.587. The molecule has 1 aromatic heterocycles. The molecule has 1 heterocycles. The second kappa shape index (κ2) is 4.30. The fourth-order valence-electron chi connectivity index (χ4n) is 0.787. The number of carbonyl (C=O) groups excluding carboxylic acids is 1. The summed E-state index contributed by atoms with van der Waals surface area (Å²) in [6.45, 7) is 3.96. The van der Waals surface area contributed by atoms with Gasteiger partial charge in [-0.3, -0.25) is 0 Å². The van der Waals surface area contributed by atoms with Crippen molar-refractivity contribution >= 4 is 18.0 Å². The molecule has 3 nitrogen and oxygen atoms in total. The third-order valence-corrected chi connectivity index (χ3v) is 2.49. The number of aldehydes is 1. The second-order valence-corrected chi connectivity index (χ2v) is 3.64. The van der Waals surface area contributed by atoms with Crippen molar-refractivity contribution in [1.82, 2.24) is 9.97 Å². The SMILES string of the molecule is Cc1nc(SCCC=O)[nH]c1C. The van der Waals surface area contributed by atoms with Gasteiger partial charge in [-0.25, -0.2) is 4.98 Å². The molecule has 0 unspecified atom stereocenters. The highest BCUT2D eigenvalue weighted by Gasteiger charge is 2.01. The third-order valence-electron chi connectivity index (χ3n) is 1.58. The van der Waals surface area contributed by atoms with E-state index in [0.29, 0.717) is 6.42 Å². The largest absolute Gasteiger partial charge is 0.337 e. The minimum atomic E-state index is 0.587. The van der Waals surface area contributed by atoms with Crippen LogP contribution in [-0.4, -0.2) is 22.0 Å². The van der Waals surface area contributed by atoms with Gasteiger partial charge >= 0.3 is 0 Å². The van der Waals surface area contributed by atoms with Gasteiger partial charge in [0.25, 0.3) is 0 Å². The van der Waals surface area contributed by atoms with Gasteiger partial charge in [0, 0.05) is 17.9 Å². The quantitative estimate of drug-likeness (QED) is 0.440. The minimum Gasteiger partial charge on any atom is -0.337 e. The van der Waals surface area contributed by atoms with Crippen LogP contribution in [0, 0.1) is 13.8 Å². The molecule has 0 bridgehead atoms. The van der Waals surface area contributed by atoms with Crippen molar-refractivity contribution in [2.24, 2.45) is 0 Å².